The molecular formula is C20H10F8O4. The molecule has 0 fully saturated rings. The highest BCUT2D eigenvalue weighted by atomic mass is 19.2. The molecule has 0 aliphatic heterocycles. The second-order valence-electron chi connectivity index (χ2n) is 5.83. The van der Waals surface area contributed by atoms with E-state index in [9.17, 15) is 44.7 Å². The number of hydrogen-bond donors (Lipinski definition) is 0. The second kappa shape index (κ2) is 10.6. The first kappa shape index (κ1) is 24.6. The van der Waals surface area contributed by atoms with Crippen molar-refractivity contribution in [3.8, 4) is 0 Å². The monoisotopic (exact) mass is 466 g/mol. The Morgan fingerprint density at radius 1 is 0.594 bits per heavy atom. The van der Waals surface area contributed by atoms with Gasteiger partial charge < -0.3 is 9.47 Å². The van der Waals surface area contributed by atoms with E-state index in [4.69, 9.17) is 0 Å². The molecule has 0 aliphatic rings. The lowest BCUT2D eigenvalue weighted by atomic mass is 10.2. The van der Waals surface area contributed by atoms with Gasteiger partial charge in [-0.15, -0.1) is 0 Å². The van der Waals surface area contributed by atoms with Crippen LogP contribution in [0.2, 0.25) is 0 Å². The highest BCUT2D eigenvalue weighted by molar-refractivity contribution is 5.84. The van der Waals surface area contributed by atoms with Crippen LogP contribution in [0, 0.1) is 46.5 Å². The summed E-state index contributed by atoms with van der Waals surface area (Å²) < 4.78 is 115. The van der Waals surface area contributed by atoms with Gasteiger partial charge in [-0.3, -0.25) is 0 Å². The van der Waals surface area contributed by atoms with Crippen LogP contribution in [-0.4, -0.2) is 11.9 Å². The zero-order valence-corrected chi connectivity index (χ0v) is 15.5. The second-order valence-corrected chi connectivity index (χ2v) is 5.83. The van der Waals surface area contributed by atoms with Crippen molar-refractivity contribution in [2.24, 2.45) is 0 Å². The maximum atomic E-state index is 13.4. The van der Waals surface area contributed by atoms with Crippen molar-refractivity contribution in [3.63, 3.8) is 0 Å². The van der Waals surface area contributed by atoms with E-state index in [0.717, 1.165) is 12.2 Å². The van der Waals surface area contributed by atoms with Crippen LogP contribution in [-0.2, 0) is 32.3 Å². The van der Waals surface area contributed by atoms with Crippen LogP contribution in [0.15, 0.2) is 36.4 Å². The molecule has 0 amide bonds. The molecule has 0 saturated heterocycles. The average Bonchev–Trinajstić information content (AvgIpc) is 2.74. The summed E-state index contributed by atoms with van der Waals surface area (Å²) in [6.07, 6.45) is 3.06. The molecule has 0 spiro atoms. The topological polar surface area (TPSA) is 52.6 Å². The largest absolute Gasteiger partial charge is 0.457 e. The number of benzene rings is 2. The van der Waals surface area contributed by atoms with Gasteiger partial charge in [0.25, 0.3) is 0 Å². The average molecular weight is 466 g/mol. The molecule has 12 heteroatoms. The van der Waals surface area contributed by atoms with Gasteiger partial charge in [-0.1, -0.05) is 12.2 Å². The number of allylic oxidation sites excluding steroid dienone is 2. The van der Waals surface area contributed by atoms with E-state index >= 15 is 0 Å². The first-order chi connectivity index (χ1) is 15.0. The molecule has 0 unspecified atom stereocenters. The Hall–Kier alpha value is -3.70. The molecule has 2 aromatic carbocycles. The van der Waals surface area contributed by atoms with E-state index in [2.05, 4.69) is 9.47 Å². The maximum Gasteiger partial charge on any atom is 0.331 e. The Morgan fingerprint density at radius 2 is 0.875 bits per heavy atom. The summed E-state index contributed by atoms with van der Waals surface area (Å²) in [7, 11) is 0. The molecule has 4 nitrogen and oxygen atoms in total. The molecule has 0 radical (unpaired) electrons. The summed E-state index contributed by atoms with van der Waals surface area (Å²) in [5.74, 6) is -16.1. The summed E-state index contributed by atoms with van der Waals surface area (Å²) in [6.45, 7) is -2.27. The molecule has 2 rings (SSSR count). The Bertz CT molecular complexity index is 972. The maximum absolute atomic E-state index is 13.4. The molecule has 0 bridgehead atoms. The normalized spacial score (nSPS) is 11.4. The third kappa shape index (κ3) is 5.93. The zero-order valence-electron chi connectivity index (χ0n) is 15.5. The van der Waals surface area contributed by atoms with Crippen LogP contribution in [0.25, 0.3) is 0 Å². The molecular weight excluding hydrogens is 456 g/mol. The highest BCUT2D eigenvalue weighted by Gasteiger charge is 2.21. The number of carbonyl (C=O) groups is 2. The molecule has 0 aromatic heterocycles. The molecule has 0 atom stereocenters. The van der Waals surface area contributed by atoms with Gasteiger partial charge in [0.2, 0.25) is 0 Å². The number of halogens is 8. The van der Waals surface area contributed by atoms with E-state index in [0.29, 0.717) is 12.2 Å². The minimum Gasteiger partial charge on any atom is -0.457 e. The third-order valence-corrected chi connectivity index (χ3v) is 3.70. The van der Waals surface area contributed by atoms with Crippen molar-refractivity contribution in [3.05, 3.63) is 94.1 Å². The SMILES string of the molecule is O=C(/C=C\C=C/C(=O)OCc1c(F)c(F)cc(F)c1F)OCc1c(F)c(F)cc(F)c1F. The minimum atomic E-state index is -1.74. The van der Waals surface area contributed by atoms with Crippen molar-refractivity contribution in [2.75, 3.05) is 0 Å². The quantitative estimate of drug-likeness (QED) is 0.195. The highest BCUT2D eigenvalue weighted by Crippen LogP contribution is 2.21. The fourth-order valence-electron chi connectivity index (χ4n) is 2.15. The first-order valence-corrected chi connectivity index (χ1v) is 8.34. The molecule has 2 aromatic rings. The molecule has 0 saturated carbocycles. The van der Waals surface area contributed by atoms with Gasteiger partial charge in [-0.25, -0.2) is 44.7 Å². The van der Waals surface area contributed by atoms with Gasteiger partial charge in [0.05, 0.1) is 11.1 Å². The van der Waals surface area contributed by atoms with Gasteiger partial charge in [0.15, 0.2) is 46.5 Å². The lowest BCUT2D eigenvalue weighted by Crippen LogP contribution is -2.08. The van der Waals surface area contributed by atoms with Crippen molar-refractivity contribution >= 4 is 11.9 Å². The Morgan fingerprint density at radius 3 is 1.16 bits per heavy atom. The standard InChI is InChI=1S/C20H10F8O4/c21-11-5-12(22)18(26)9(17(11)25)7-31-15(29)3-1-2-4-16(30)32-8-10-19(27)13(23)6-14(24)20(10)28/h1-6H,7-8H2/b3-1-,4-2-. The zero-order chi connectivity index (χ0) is 24.0. The van der Waals surface area contributed by atoms with Gasteiger partial charge in [0, 0.05) is 24.3 Å². The van der Waals surface area contributed by atoms with Crippen molar-refractivity contribution < 1.29 is 54.2 Å². The fourth-order valence-corrected chi connectivity index (χ4v) is 2.15. The number of ether oxygens (including phenoxy) is 2. The molecule has 0 N–H and O–H groups in total. The fraction of sp³-hybridized carbons (Fsp3) is 0.100. The summed E-state index contributed by atoms with van der Waals surface area (Å²) >= 11 is 0. The Kier molecular flexibility index (Phi) is 8.10. The van der Waals surface area contributed by atoms with Crippen LogP contribution in [0.5, 0.6) is 0 Å². The Balaban J connectivity index is 1.89. The predicted molar refractivity (Wildman–Crippen MR) is 90.4 cm³/mol. The van der Waals surface area contributed by atoms with Crippen LogP contribution >= 0.6 is 0 Å². The predicted octanol–water partition coefficient (Wildman–Crippen LogP) is 4.70. The summed E-state index contributed by atoms with van der Waals surface area (Å²) in [5.41, 5.74) is -2.31. The third-order valence-electron chi connectivity index (χ3n) is 3.70. The van der Waals surface area contributed by atoms with E-state index < -0.39 is 82.8 Å². The summed E-state index contributed by atoms with van der Waals surface area (Å²) in [6, 6.07) is -0.0410. The van der Waals surface area contributed by atoms with Crippen molar-refractivity contribution in [2.45, 2.75) is 13.2 Å². The molecule has 0 aliphatic carbocycles. The number of esters is 2. The van der Waals surface area contributed by atoms with E-state index in [1.165, 1.54) is 0 Å². The first-order valence-electron chi connectivity index (χ1n) is 8.34. The number of carbonyl (C=O) groups excluding carboxylic acids is 2. The van der Waals surface area contributed by atoms with Gasteiger partial charge in [-0.2, -0.15) is 0 Å². The van der Waals surface area contributed by atoms with Crippen LogP contribution < -0.4 is 0 Å². The summed E-state index contributed by atoms with van der Waals surface area (Å²) in [4.78, 5) is 22.9. The molecule has 32 heavy (non-hydrogen) atoms. The van der Waals surface area contributed by atoms with Gasteiger partial charge in [-0.05, 0) is 0 Å². The number of hydrogen-bond acceptors (Lipinski definition) is 4. The molecule has 170 valence electrons. The van der Waals surface area contributed by atoms with E-state index in [1.807, 2.05) is 0 Å². The molecule has 0 heterocycles. The van der Waals surface area contributed by atoms with Crippen molar-refractivity contribution in [1.82, 2.24) is 0 Å². The van der Waals surface area contributed by atoms with Gasteiger partial charge in [0.1, 0.15) is 13.2 Å². The smallest absolute Gasteiger partial charge is 0.331 e. The lowest BCUT2D eigenvalue weighted by Gasteiger charge is -2.07. The van der Waals surface area contributed by atoms with E-state index in [1.54, 1.807) is 0 Å². The number of rotatable bonds is 7. The summed E-state index contributed by atoms with van der Waals surface area (Å²) in [5, 5.41) is 0. The van der Waals surface area contributed by atoms with Crippen LogP contribution in [0.1, 0.15) is 11.1 Å². The van der Waals surface area contributed by atoms with Crippen LogP contribution in [0.3, 0.4) is 0 Å². The van der Waals surface area contributed by atoms with E-state index in [-0.39, 0.29) is 12.1 Å². The Labute approximate surface area is 174 Å². The van der Waals surface area contributed by atoms with Crippen molar-refractivity contribution in [1.29, 1.82) is 0 Å². The van der Waals surface area contributed by atoms with Crippen LogP contribution in [0.4, 0.5) is 35.1 Å². The lowest BCUT2D eigenvalue weighted by molar-refractivity contribution is -0.140. The minimum absolute atomic E-state index is 0.0205. The van der Waals surface area contributed by atoms with Gasteiger partial charge >= 0.3 is 11.9 Å².